The molecule has 118 valence electrons. The maximum Gasteiger partial charge on any atom is 0.263 e. The van der Waals surface area contributed by atoms with E-state index in [4.69, 9.17) is 0 Å². The van der Waals surface area contributed by atoms with Gasteiger partial charge in [0.25, 0.3) is 6.43 Å². The number of rotatable bonds is 4. The van der Waals surface area contributed by atoms with Crippen LogP contribution in [0, 0.1) is 10.8 Å². The molecule has 0 bridgehead atoms. The predicted octanol–water partition coefficient (Wildman–Crippen LogP) is 5.32. The van der Waals surface area contributed by atoms with Gasteiger partial charge in [0.15, 0.2) is 0 Å². The van der Waals surface area contributed by atoms with Crippen molar-refractivity contribution in [2.45, 2.75) is 66.0 Å². The van der Waals surface area contributed by atoms with E-state index >= 15 is 0 Å². The monoisotopic (exact) mass is 295 g/mol. The zero-order valence-electron chi connectivity index (χ0n) is 13.5. The largest absolute Gasteiger partial charge is 0.310 e. The Balaban J connectivity index is 1.98. The lowest BCUT2D eigenvalue weighted by atomic mass is 9.63. The van der Waals surface area contributed by atoms with Gasteiger partial charge in [0.1, 0.15) is 0 Å². The number of hydrogen-bond acceptors (Lipinski definition) is 1. The molecule has 0 atom stereocenters. The Kier molecular flexibility index (Phi) is 4.72. The molecule has 0 aromatic heterocycles. The second-order valence-electron chi connectivity index (χ2n) is 8.04. The van der Waals surface area contributed by atoms with Crippen LogP contribution in [0.5, 0.6) is 0 Å². The Morgan fingerprint density at radius 2 is 1.76 bits per heavy atom. The molecule has 1 aliphatic rings. The van der Waals surface area contributed by atoms with E-state index in [-0.39, 0.29) is 5.56 Å². The third-order valence-corrected chi connectivity index (χ3v) is 4.35. The molecule has 0 saturated heterocycles. The van der Waals surface area contributed by atoms with Crippen LogP contribution in [0.2, 0.25) is 0 Å². The van der Waals surface area contributed by atoms with Gasteiger partial charge in [-0.3, -0.25) is 0 Å². The van der Waals surface area contributed by atoms with Gasteiger partial charge in [-0.25, -0.2) is 8.78 Å². The molecule has 0 spiro atoms. The summed E-state index contributed by atoms with van der Waals surface area (Å²) in [6, 6.07) is 7.18. The molecule has 2 rings (SSSR count). The first kappa shape index (κ1) is 16.4. The van der Waals surface area contributed by atoms with E-state index in [1.54, 1.807) is 12.1 Å². The quantitative estimate of drug-likeness (QED) is 0.793. The topological polar surface area (TPSA) is 12.0 Å². The van der Waals surface area contributed by atoms with Crippen molar-refractivity contribution in [1.29, 1.82) is 0 Å². The molecule has 1 N–H and O–H groups in total. The zero-order valence-corrected chi connectivity index (χ0v) is 13.5. The van der Waals surface area contributed by atoms with Crippen LogP contribution in [0.3, 0.4) is 0 Å². The number of nitrogens with one attached hydrogen (secondary N) is 1. The van der Waals surface area contributed by atoms with Gasteiger partial charge in [-0.1, -0.05) is 45.9 Å². The van der Waals surface area contributed by atoms with Crippen LogP contribution < -0.4 is 5.32 Å². The van der Waals surface area contributed by atoms with E-state index in [0.29, 0.717) is 23.4 Å². The average molecular weight is 295 g/mol. The molecule has 0 heterocycles. The van der Waals surface area contributed by atoms with Crippen LogP contribution in [0.4, 0.5) is 8.78 Å². The van der Waals surface area contributed by atoms with Gasteiger partial charge in [-0.2, -0.15) is 0 Å². The maximum atomic E-state index is 12.7. The van der Waals surface area contributed by atoms with Crippen molar-refractivity contribution in [2.24, 2.45) is 10.8 Å². The lowest BCUT2D eigenvalue weighted by Gasteiger charge is -2.45. The molecular weight excluding hydrogens is 268 g/mol. The van der Waals surface area contributed by atoms with Crippen LogP contribution in [0.1, 0.15) is 64.5 Å². The summed E-state index contributed by atoms with van der Waals surface area (Å²) in [6.45, 7) is 9.94. The van der Waals surface area contributed by atoms with Crippen molar-refractivity contribution in [3.8, 4) is 0 Å². The minimum absolute atomic E-state index is 0.110. The van der Waals surface area contributed by atoms with Crippen molar-refractivity contribution >= 4 is 0 Å². The minimum Gasteiger partial charge on any atom is -0.310 e. The van der Waals surface area contributed by atoms with Crippen LogP contribution in [-0.4, -0.2) is 6.04 Å². The predicted molar refractivity (Wildman–Crippen MR) is 83.4 cm³/mol. The first-order chi connectivity index (χ1) is 9.67. The molecule has 1 nitrogen and oxygen atoms in total. The van der Waals surface area contributed by atoms with Crippen molar-refractivity contribution in [3.05, 3.63) is 35.4 Å². The summed E-state index contributed by atoms with van der Waals surface area (Å²) >= 11 is 0. The first-order valence-corrected chi connectivity index (χ1v) is 7.77. The van der Waals surface area contributed by atoms with E-state index in [1.165, 1.54) is 12.5 Å². The minimum atomic E-state index is -2.39. The Labute approximate surface area is 127 Å². The summed E-state index contributed by atoms with van der Waals surface area (Å²) in [5.41, 5.74) is 1.72. The molecule has 21 heavy (non-hydrogen) atoms. The number of alkyl halides is 2. The van der Waals surface area contributed by atoms with Crippen LogP contribution in [0.15, 0.2) is 24.3 Å². The molecule has 1 saturated carbocycles. The van der Waals surface area contributed by atoms with Crippen molar-refractivity contribution in [3.63, 3.8) is 0 Å². The molecule has 1 aromatic rings. The third-order valence-electron chi connectivity index (χ3n) is 4.35. The van der Waals surface area contributed by atoms with Crippen molar-refractivity contribution < 1.29 is 8.78 Å². The van der Waals surface area contributed by atoms with E-state index in [2.05, 4.69) is 33.0 Å². The molecule has 3 heteroatoms. The SMILES string of the molecule is CC1(C)CC(NCc2cccc(C(F)F)c2)CC(C)(C)C1. The van der Waals surface area contributed by atoms with Crippen molar-refractivity contribution in [2.75, 3.05) is 0 Å². The Bertz CT molecular complexity index is 464. The summed E-state index contributed by atoms with van der Waals surface area (Å²) in [4.78, 5) is 0. The summed E-state index contributed by atoms with van der Waals surface area (Å²) in [6.07, 6.45) is 1.13. The van der Waals surface area contributed by atoms with Gasteiger partial charge in [-0.15, -0.1) is 0 Å². The van der Waals surface area contributed by atoms with Gasteiger partial charge < -0.3 is 5.32 Å². The second kappa shape index (κ2) is 6.04. The highest BCUT2D eigenvalue weighted by Crippen LogP contribution is 2.45. The van der Waals surface area contributed by atoms with Gasteiger partial charge in [0.2, 0.25) is 0 Å². The molecular formula is C18H27F2N. The van der Waals surface area contributed by atoms with Crippen LogP contribution in [-0.2, 0) is 6.54 Å². The highest BCUT2D eigenvalue weighted by atomic mass is 19.3. The average Bonchev–Trinajstić information content (AvgIpc) is 2.33. The number of benzene rings is 1. The standard InChI is InChI=1S/C18H27F2N/c1-17(2)9-15(10-18(3,4)12-17)21-11-13-6-5-7-14(8-13)16(19)20/h5-8,15-16,21H,9-12H2,1-4H3. The molecule has 0 amide bonds. The van der Waals surface area contributed by atoms with Gasteiger partial charge >= 0.3 is 0 Å². The number of hydrogen-bond donors (Lipinski definition) is 1. The summed E-state index contributed by atoms with van der Waals surface area (Å²) in [7, 11) is 0. The van der Waals surface area contributed by atoms with Crippen LogP contribution >= 0.6 is 0 Å². The lowest BCUT2D eigenvalue weighted by Crippen LogP contribution is -2.43. The summed E-state index contributed by atoms with van der Waals surface area (Å²) in [5, 5.41) is 3.57. The third kappa shape index (κ3) is 4.77. The van der Waals surface area contributed by atoms with E-state index in [9.17, 15) is 8.78 Å². The molecule has 0 aliphatic heterocycles. The van der Waals surface area contributed by atoms with Gasteiger partial charge in [0, 0.05) is 18.2 Å². The number of halogens is 2. The normalized spacial score (nSPS) is 21.7. The smallest absolute Gasteiger partial charge is 0.263 e. The fourth-order valence-corrected chi connectivity index (χ4v) is 4.09. The summed E-state index contributed by atoms with van der Waals surface area (Å²) in [5.74, 6) is 0. The molecule has 1 aliphatic carbocycles. The second-order valence-corrected chi connectivity index (χ2v) is 8.04. The molecule has 1 fully saturated rings. The lowest BCUT2D eigenvalue weighted by molar-refractivity contribution is 0.0845. The fraction of sp³-hybridized carbons (Fsp3) is 0.667. The Morgan fingerprint density at radius 1 is 1.14 bits per heavy atom. The maximum absolute atomic E-state index is 12.7. The highest BCUT2D eigenvalue weighted by molar-refractivity contribution is 5.24. The van der Waals surface area contributed by atoms with E-state index in [1.807, 2.05) is 6.07 Å². The fourth-order valence-electron chi connectivity index (χ4n) is 4.09. The first-order valence-electron chi connectivity index (χ1n) is 7.77. The zero-order chi connectivity index (χ0) is 15.7. The molecule has 1 aromatic carbocycles. The Morgan fingerprint density at radius 3 is 2.33 bits per heavy atom. The summed E-state index contributed by atoms with van der Waals surface area (Å²) < 4.78 is 25.4. The van der Waals surface area contributed by atoms with E-state index in [0.717, 1.165) is 18.4 Å². The molecule has 0 unspecified atom stereocenters. The van der Waals surface area contributed by atoms with Gasteiger partial charge in [0.05, 0.1) is 0 Å². The van der Waals surface area contributed by atoms with Crippen molar-refractivity contribution in [1.82, 2.24) is 5.32 Å². The Hall–Kier alpha value is -0.960. The van der Waals surface area contributed by atoms with E-state index < -0.39 is 6.43 Å². The van der Waals surface area contributed by atoms with Crippen LogP contribution in [0.25, 0.3) is 0 Å². The highest BCUT2D eigenvalue weighted by Gasteiger charge is 2.38. The van der Waals surface area contributed by atoms with Gasteiger partial charge in [-0.05, 0) is 41.7 Å². The molecule has 0 radical (unpaired) electrons.